The van der Waals surface area contributed by atoms with Gasteiger partial charge in [0.05, 0.1) is 6.54 Å². The van der Waals surface area contributed by atoms with Crippen molar-refractivity contribution in [1.82, 2.24) is 10.2 Å². The summed E-state index contributed by atoms with van der Waals surface area (Å²) < 4.78 is 10.2. The number of alkyl carbamates (subject to hydrolysis) is 1. The summed E-state index contributed by atoms with van der Waals surface area (Å²) in [6.45, 7) is 3.30. The number of nitrogens with one attached hydrogen (secondary N) is 1. The van der Waals surface area contributed by atoms with Crippen LogP contribution in [0.5, 0.6) is 5.75 Å². The van der Waals surface area contributed by atoms with Crippen molar-refractivity contribution in [3.63, 3.8) is 0 Å². The van der Waals surface area contributed by atoms with E-state index in [0.717, 1.165) is 5.56 Å². The number of carbonyl (C=O) groups is 3. The van der Waals surface area contributed by atoms with Gasteiger partial charge in [0.1, 0.15) is 25.0 Å². The Morgan fingerprint density at radius 2 is 1.87 bits per heavy atom. The standard InChI is InChI=1S/C22H24N2O6/c1-3-12-29-21(27)19(23-22(28)30-15-16-8-5-4-6-9-16)14-24(2)20(26)17-10-7-11-18(25)13-17/h3-11,13,19,25H,1,12,14-15H2,2H3,(H,23,28)/t19-/m1/s1. The molecule has 1 atom stereocenters. The fourth-order valence-corrected chi connectivity index (χ4v) is 2.54. The molecule has 0 aliphatic heterocycles. The van der Waals surface area contributed by atoms with Gasteiger partial charge in [-0.25, -0.2) is 9.59 Å². The first-order valence-electron chi connectivity index (χ1n) is 9.20. The van der Waals surface area contributed by atoms with Crippen molar-refractivity contribution in [2.24, 2.45) is 0 Å². The van der Waals surface area contributed by atoms with Crippen molar-refractivity contribution in [3.05, 3.63) is 78.4 Å². The Morgan fingerprint density at radius 1 is 1.13 bits per heavy atom. The normalized spacial score (nSPS) is 11.1. The molecule has 0 radical (unpaired) electrons. The lowest BCUT2D eigenvalue weighted by Gasteiger charge is -2.24. The molecule has 0 bridgehead atoms. The second-order valence-electron chi connectivity index (χ2n) is 6.41. The van der Waals surface area contributed by atoms with Gasteiger partial charge in [0, 0.05) is 12.6 Å². The zero-order chi connectivity index (χ0) is 21.9. The van der Waals surface area contributed by atoms with E-state index in [2.05, 4.69) is 11.9 Å². The molecular formula is C22H24N2O6. The Morgan fingerprint density at radius 3 is 2.53 bits per heavy atom. The third-order valence-electron chi connectivity index (χ3n) is 4.03. The number of carbonyl (C=O) groups excluding carboxylic acids is 3. The van der Waals surface area contributed by atoms with E-state index >= 15 is 0 Å². The third kappa shape index (κ3) is 6.97. The summed E-state index contributed by atoms with van der Waals surface area (Å²) in [5, 5.41) is 12.0. The van der Waals surface area contributed by atoms with Crippen LogP contribution in [0.1, 0.15) is 15.9 Å². The molecule has 0 fully saturated rings. The predicted octanol–water partition coefficient (Wildman–Crippen LogP) is 2.49. The van der Waals surface area contributed by atoms with Crippen molar-refractivity contribution in [2.75, 3.05) is 20.2 Å². The molecule has 0 aliphatic carbocycles. The Bertz CT molecular complexity index is 884. The summed E-state index contributed by atoms with van der Waals surface area (Å²) in [6.07, 6.45) is 0.571. The first-order valence-corrected chi connectivity index (χ1v) is 9.20. The summed E-state index contributed by atoms with van der Waals surface area (Å²) in [7, 11) is 1.47. The van der Waals surface area contributed by atoms with E-state index < -0.39 is 24.0 Å². The van der Waals surface area contributed by atoms with Gasteiger partial charge in [-0.15, -0.1) is 0 Å². The van der Waals surface area contributed by atoms with Crippen LogP contribution in [-0.4, -0.2) is 54.2 Å². The zero-order valence-corrected chi connectivity index (χ0v) is 16.6. The first-order chi connectivity index (χ1) is 14.4. The summed E-state index contributed by atoms with van der Waals surface area (Å²) >= 11 is 0. The Kier molecular flexibility index (Phi) is 8.43. The van der Waals surface area contributed by atoms with Gasteiger partial charge in [-0.3, -0.25) is 4.79 Å². The van der Waals surface area contributed by atoms with Crippen LogP contribution in [0.3, 0.4) is 0 Å². The minimum atomic E-state index is -1.15. The van der Waals surface area contributed by atoms with E-state index in [0.29, 0.717) is 0 Å². The van der Waals surface area contributed by atoms with Gasteiger partial charge in [0.15, 0.2) is 0 Å². The number of ether oxygens (including phenoxy) is 2. The minimum Gasteiger partial charge on any atom is -0.508 e. The summed E-state index contributed by atoms with van der Waals surface area (Å²) in [5.41, 5.74) is 1.02. The number of hydrogen-bond donors (Lipinski definition) is 2. The molecule has 0 saturated heterocycles. The average Bonchev–Trinajstić information content (AvgIpc) is 2.75. The van der Waals surface area contributed by atoms with Gasteiger partial charge >= 0.3 is 12.1 Å². The van der Waals surface area contributed by atoms with E-state index in [-0.39, 0.29) is 31.1 Å². The molecule has 2 aromatic carbocycles. The topological polar surface area (TPSA) is 105 Å². The van der Waals surface area contributed by atoms with Crippen molar-refractivity contribution < 1.29 is 29.0 Å². The van der Waals surface area contributed by atoms with E-state index in [9.17, 15) is 19.5 Å². The fourth-order valence-electron chi connectivity index (χ4n) is 2.54. The number of esters is 1. The SMILES string of the molecule is C=CCOC(=O)[C@@H](CN(C)C(=O)c1cccc(O)c1)NC(=O)OCc1ccccc1. The Hall–Kier alpha value is -3.81. The van der Waals surface area contributed by atoms with Gasteiger partial charge in [0.2, 0.25) is 0 Å². The lowest BCUT2D eigenvalue weighted by molar-refractivity contribution is -0.145. The molecule has 158 valence electrons. The molecule has 0 spiro atoms. The lowest BCUT2D eigenvalue weighted by Crippen LogP contribution is -2.49. The molecular weight excluding hydrogens is 388 g/mol. The van der Waals surface area contributed by atoms with E-state index in [1.807, 2.05) is 18.2 Å². The maximum absolute atomic E-state index is 12.6. The number of rotatable bonds is 9. The van der Waals surface area contributed by atoms with Crippen LogP contribution in [0, 0.1) is 0 Å². The quantitative estimate of drug-likeness (QED) is 0.484. The van der Waals surface area contributed by atoms with Crippen LogP contribution in [0.15, 0.2) is 67.3 Å². The minimum absolute atomic E-state index is 0.0269. The van der Waals surface area contributed by atoms with Crippen molar-refractivity contribution in [2.45, 2.75) is 12.6 Å². The van der Waals surface area contributed by atoms with Crippen molar-refractivity contribution >= 4 is 18.0 Å². The second-order valence-corrected chi connectivity index (χ2v) is 6.41. The number of benzene rings is 2. The molecule has 8 heteroatoms. The van der Waals surface area contributed by atoms with E-state index in [1.165, 1.54) is 42.3 Å². The molecule has 0 aromatic heterocycles. The number of nitrogens with zero attached hydrogens (tertiary/aromatic N) is 1. The maximum Gasteiger partial charge on any atom is 0.408 e. The molecule has 0 saturated carbocycles. The number of phenols is 1. The van der Waals surface area contributed by atoms with Crippen LogP contribution < -0.4 is 5.32 Å². The predicted molar refractivity (Wildman–Crippen MR) is 110 cm³/mol. The number of hydrogen-bond acceptors (Lipinski definition) is 6. The van der Waals surface area contributed by atoms with Crippen LogP contribution in [0.4, 0.5) is 4.79 Å². The summed E-state index contributed by atoms with van der Waals surface area (Å²) in [5.74, 6) is -1.23. The number of likely N-dealkylation sites (N-methyl/N-ethyl adjacent to an activating group) is 1. The first kappa shape index (κ1) is 22.5. The average molecular weight is 412 g/mol. The molecule has 2 aromatic rings. The van der Waals surface area contributed by atoms with Crippen LogP contribution >= 0.6 is 0 Å². The van der Waals surface area contributed by atoms with Gasteiger partial charge < -0.3 is 24.8 Å². The number of phenolic OH excluding ortho intramolecular Hbond substituents is 1. The highest BCUT2D eigenvalue weighted by molar-refractivity contribution is 5.95. The molecule has 2 N–H and O–H groups in total. The highest BCUT2D eigenvalue weighted by Gasteiger charge is 2.26. The molecule has 0 heterocycles. The van der Waals surface area contributed by atoms with Gasteiger partial charge in [-0.1, -0.05) is 49.1 Å². The Labute approximate surface area is 174 Å². The van der Waals surface area contributed by atoms with Gasteiger partial charge in [0.25, 0.3) is 5.91 Å². The summed E-state index contributed by atoms with van der Waals surface area (Å²) in [6, 6.07) is 13.7. The van der Waals surface area contributed by atoms with Crippen LogP contribution in [0.25, 0.3) is 0 Å². The van der Waals surface area contributed by atoms with Crippen LogP contribution in [-0.2, 0) is 20.9 Å². The summed E-state index contributed by atoms with van der Waals surface area (Å²) in [4.78, 5) is 38.3. The fraction of sp³-hybridized carbons (Fsp3) is 0.227. The molecule has 30 heavy (non-hydrogen) atoms. The zero-order valence-electron chi connectivity index (χ0n) is 16.6. The molecule has 2 amide bonds. The Balaban J connectivity index is 2.02. The lowest BCUT2D eigenvalue weighted by atomic mass is 10.1. The highest BCUT2D eigenvalue weighted by atomic mass is 16.6. The van der Waals surface area contributed by atoms with Gasteiger partial charge in [-0.2, -0.15) is 0 Å². The largest absolute Gasteiger partial charge is 0.508 e. The maximum atomic E-state index is 12.6. The smallest absolute Gasteiger partial charge is 0.408 e. The van der Waals surface area contributed by atoms with E-state index in [1.54, 1.807) is 12.1 Å². The number of aromatic hydroxyl groups is 1. The van der Waals surface area contributed by atoms with Crippen molar-refractivity contribution in [1.29, 1.82) is 0 Å². The molecule has 0 aliphatic rings. The molecule has 0 unspecified atom stereocenters. The highest BCUT2D eigenvalue weighted by Crippen LogP contribution is 2.13. The third-order valence-corrected chi connectivity index (χ3v) is 4.03. The van der Waals surface area contributed by atoms with Gasteiger partial charge in [-0.05, 0) is 23.8 Å². The number of amides is 2. The van der Waals surface area contributed by atoms with E-state index in [4.69, 9.17) is 9.47 Å². The molecule has 2 rings (SSSR count). The monoisotopic (exact) mass is 412 g/mol. The second kappa shape index (κ2) is 11.3. The van der Waals surface area contributed by atoms with Crippen LogP contribution in [0.2, 0.25) is 0 Å². The van der Waals surface area contributed by atoms with Crippen molar-refractivity contribution in [3.8, 4) is 5.75 Å². The molecule has 8 nitrogen and oxygen atoms in total.